The van der Waals surface area contributed by atoms with Gasteiger partial charge in [-0.05, 0) is 42.8 Å². The standard InChI is InChI=1S/C17H18ClN3O/c18-13-6-8-14(9-7-13)22-11-3-10-21-16-5-2-1-4-15(16)20-17(21)12-19/h1-2,4-9H,3,10-12,19H2. The van der Waals surface area contributed by atoms with Crippen molar-refractivity contribution in [1.29, 1.82) is 0 Å². The molecule has 0 aliphatic heterocycles. The molecule has 0 atom stereocenters. The monoisotopic (exact) mass is 315 g/mol. The van der Waals surface area contributed by atoms with E-state index in [1.807, 2.05) is 42.5 Å². The quantitative estimate of drug-likeness (QED) is 0.707. The minimum absolute atomic E-state index is 0.437. The molecule has 5 heteroatoms. The van der Waals surface area contributed by atoms with Crippen LogP contribution in [0.4, 0.5) is 0 Å². The molecule has 2 N–H and O–H groups in total. The number of aryl methyl sites for hydroxylation is 1. The number of ether oxygens (including phenoxy) is 1. The van der Waals surface area contributed by atoms with Gasteiger partial charge in [-0.1, -0.05) is 23.7 Å². The molecule has 0 amide bonds. The zero-order chi connectivity index (χ0) is 15.4. The van der Waals surface area contributed by atoms with Gasteiger partial charge in [-0.15, -0.1) is 0 Å². The first-order valence-corrected chi connectivity index (χ1v) is 7.68. The van der Waals surface area contributed by atoms with E-state index in [1.165, 1.54) is 0 Å². The van der Waals surface area contributed by atoms with Crippen LogP contribution in [0, 0.1) is 0 Å². The number of imidazole rings is 1. The van der Waals surface area contributed by atoms with Crippen LogP contribution < -0.4 is 10.5 Å². The van der Waals surface area contributed by atoms with Crippen LogP contribution in [0.1, 0.15) is 12.2 Å². The number of benzene rings is 2. The van der Waals surface area contributed by atoms with Crippen molar-refractivity contribution in [3.8, 4) is 5.75 Å². The van der Waals surface area contributed by atoms with Crippen molar-refractivity contribution in [2.45, 2.75) is 19.5 Å². The van der Waals surface area contributed by atoms with E-state index < -0.39 is 0 Å². The lowest BCUT2D eigenvalue weighted by atomic mass is 10.3. The molecule has 0 unspecified atom stereocenters. The zero-order valence-electron chi connectivity index (χ0n) is 12.2. The lowest BCUT2D eigenvalue weighted by Gasteiger charge is -2.09. The third kappa shape index (κ3) is 3.24. The van der Waals surface area contributed by atoms with Gasteiger partial charge in [0.05, 0.1) is 24.2 Å². The Hall–Kier alpha value is -2.04. The highest BCUT2D eigenvalue weighted by molar-refractivity contribution is 6.30. The van der Waals surface area contributed by atoms with Gasteiger partial charge >= 0.3 is 0 Å². The van der Waals surface area contributed by atoms with Crippen molar-refractivity contribution in [2.24, 2.45) is 5.73 Å². The minimum atomic E-state index is 0.437. The zero-order valence-corrected chi connectivity index (χ0v) is 13.0. The smallest absolute Gasteiger partial charge is 0.123 e. The highest BCUT2D eigenvalue weighted by Gasteiger charge is 2.08. The van der Waals surface area contributed by atoms with E-state index in [2.05, 4.69) is 15.6 Å². The maximum absolute atomic E-state index is 5.85. The van der Waals surface area contributed by atoms with Crippen molar-refractivity contribution in [2.75, 3.05) is 6.61 Å². The van der Waals surface area contributed by atoms with Gasteiger partial charge in [0, 0.05) is 11.6 Å². The average molecular weight is 316 g/mol. The number of rotatable bonds is 6. The van der Waals surface area contributed by atoms with Crippen molar-refractivity contribution < 1.29 is 4.74 Å². The second-order valence-corrected chi connectivity index (χ2v) is 5.46. The fourth-order valence-corrected chi connectivity index (χ4v) is 2.60. The maximum atomic E-state index is 5.85. The van der Waals surface area contributed by atoms with Crippen LogP contribution in [0.25, 0.3) is 11.0 Å². The van der Waals surface area contributed by atoms with Gasteiger partial charge in [-0.3, -0.25) is 0 Å². The van der Waals surface area contributed by atoms with Crippen LogP contribution in [0.5, 0.6) is 5.75 Å². The van der Waals surface area contributed by atoms with Gasteiger partial charge in [0.15, 0.2) is 0 Å². The molecule has 0 saturated carbocycles. The van der Waals surface area contributed by atoms with Gasteiger partial charge < -0.3 is 15.0 Å². The van der Waals surface area contributed by atoms with Gasteiger partial charge in [0.1, 0.15) is 11.6 Å². The molecule has 0 saturated heterocycles. The van der Waals surface area contributed by atoms with Crippen molar-refractivity contribution >= 4 is 22.6 Å². The highest BCUT2D eigenvalue weighted by atomic mass is 35.5. The van der Waals surface area contributed by atoms with E-state index in [-0.39, 0.29) is 0 Å². The van der Waals surface area contributed by atoms with Crippen LogP contribution in [-0.2, 0) is 13.1 Å². The third-order valence-corrected chi connectivity index (χ3v) is 3.78. The lowest BCUT2D eigenvalue weighted by Crippen LogP contribution is -2.10. The van der Waals surface area contributed by atoms with E-state index in [9.17, 15) is 0 Å². The molecule has 0 bridgehead atoms. The Morgan fingerprint density at radius 2 is 1.86 bits per heavy atom. The van der Waals surface area contributed by atoms with Crippen molar-refractivity contribution in [3.05, 3.63) is 59.4 Å². The summed E-state index contributed by atoms with van der Waals surface area (Å²) >= 11 is 5.85. The van der Waals surface area contributed by atoms with E-state index in [1.54, 1.807) is 0 Å². The fourth-order valence-electron chi connectivity index (χ4n) is 2.47. The number of halogens is 1. The lowest BCUT2D eigenvalue weighted by molar-refractivity contribution is 0.302. The van der Waals surface area contributed by atoms with Crippen LogP contribution >= 0.6 is 11.6 Å². The number of hydrogen-bond acceptors (Lipinski definition) is 3. The molecular weight excluding hydrogens is 298 g/mol. The predicted octanol–water partition coefficient (Wildman–Crippen LogP) is 3.62. The Kier molecular flexibility index (Phi) is 4.61. The number of fused-ring (bicyclic) bond motifs is 1. The topological polar surface area (TPSA) is 53.1 Å². The number of nitrogens with zero attached hydrogens (tertiary/aromatic N) is 2. The molecule has 3 rings (SSSR count). The second kappa shape index (κ2) is 6.81. The van der Waals surface area contributed by atoms with E-state index >= 15 is 0 Å². The third-order valence-electron chi connectivity index (χ3n) is 3.52. The van der Waals surface area contributed by atoms with Gasteiger partial charge in [-0.25, -0.2) is 4.98 Å². The summed E-state index contributed by atoms with van der Waals surface area (Å²) in [6.45, 7) is 1.91. The molecule has 1 aromatic heterocycles. The number of nitrogens with two attached hydrogens (primary N) is 1. The number of aromatic nitrogens is 2. The van der Waals surface area contributed by atoms with E-state index in [0.29, 0.717) is 18.2 Å². The second-order valence-electron chi connectivity index (χ2n) is 5.03. The molecular formula is C17H18ClN3O. The molecule has 0 radical (unpaired) electrons. The summed E-state index contributed by atoms with van der Waals surface area (Å²) in [7, 11) is 0. The first-order chi connectivity index (χ1) is 10.8. The SMILES string of the molecule is NCc1nc2ccccc2n1CCCOc1ccc(Cl)cc1. The minimum Gasteiger partial charge on any atom is -0.494 e. The summed E-state index contributed by atoms with van der Waals surface area (Å²) in [6.07, 6.45) is 0.885. The molecule has 3 aromatic rings. The Labute approximate surface area is 134 Å². The van der Waals surface area contributed by atoms with E-state index in [0.717, 1.165) is 35.6 Å². The molecule has 2 aromatic carbocycles. The largest absolute Gasteiger partial charge is 0.494 e. The first-order valence-electron chi connectivity index (χ1n) is 7.30. The highest BCUT2D eigenvalue weighted by Crippen LogP contribution is 2.18. The molecule has 0 fully saturated rings. The van der Waals surface area contributed by atoms with Crippen LogP contribution in [-0.4, -0.2) is 16.2 Å². The van der Waals surface area contributed by atoms with Crippen molar-refractivity contribution in [1.82, 2.24) is 9.55 Å². The number of hydrogen-bond donors (Lipinski definition) is 1. The normalized spacial score (nSPS) is 11.0. The van der Waals surface area contributed by atoms with Gasteiger partial charge in [0.25, 0.3) is 0 Å². The fraction of sp³-hybridized carbons (Fsp3) is 0.235. The summed E-state index contributed by atoms with van der Waals surface area (Å²) in [5, 5.41) is 0.713. The van der Waals surface area contributed by atoms with Crippen molar-refractivity contribution in [3.63, 3.8) is 0 Å². The molecule has 0 aliphatic rings. The Balaban J connectivity index is 1.63. The molecule has 0 spiro atoms. The molecule has 22 heavy (non-hydrogen) atoms. The van der Waals surface area contributed by atoms with E-state index in [4.69, 9.17) is 22.1 Å². The Morgan fingerprint density at radius 3 is 2.64 bits per heavy atom. The first kappa shape index (κ1) is 14.9. The molecule has 1 heterocycles. The van der Waals surface area contributed by atoms with Crippen LogP contribution in [0.3, 0.4) is 0 Å². The summed E-state index contributed by atoms with van der Waals surface area (Å²) in [5.74, 6) is 1.74. The van der Waals surface area contributed by atoms with Gasteiger partial charge in [0.2, 0.25) is 0 Å². The average Bonchev–Trinajstić information content (AvgIpc) is 2.91. The summed E-state index contributed by atoms with van der Waals surface area (Å²) in [5.41, 5.74) is 7.90. The summed E-state index contributed by atoms with van der Waals surface area (Å²) in [4.78, 5) is 4.56. The summed E-state index contributed by atoms with van der Waals surface area (Å²) < 4.78 is 7.89. The molecule has 0 aliphatic carbocycles. The van der Waals surface area contributed by atoms with Crippen LogP contribution in [0.2, 0.25) is 5.02 Å². The van der Waals surface area contributed by atoms with Crippen LogP contribution in [0.15, 0.2) is 48.5 Å². The molecule has 4 nitrogen and oxygen atoms in total. The number of para-hydroxylation sites is 2. The summed E-state index contributed by atoms with van der Waals surface area (Å²) in [6, 6.07) is 15.5. The Morgan fingerprint density at radius 1 is 1.09 bits per heavy atom. The molecule has 114 valence electrons. The predicted molar refractivity (Wildman–Crippen MR) is 89.2 cm³/mol. The Bertz CT molecular complexity index is 752. The maximum Gasteiger partial charge on any atom is 0.123 e. The van der Waals surface area contributed by atoms with Gasteiger partial charge in [-0.2, -0.15) is 0 Å².